The highest BCUT2D eigenvalue weighted by atomic mass is 16.5. The van der Waals surface area contributed by atoms with E-state index in [1.807, 2.05) is 33.0 Å². The average molecular weight is 610 g/mol. The van der Waals surface area contributed by atoms with Crippen LogP contribution in [0.2, 0.25) is 0 Å². The molecule has 45 heavy (non-hydrogen) atoms. The monoisotopic (exact) mass is 609 g/mol. The Kier molecular flexibility index (Phi) is 8.72. The van der Waals surface area contributed by atoms with Crippen LogP contribution in [0.15, 0.2) is 53.3 Å². The van der Waals surface area contributed by atoms with Gasteiger partial charge in [-0.25, -0.2) is 0 Å². The fourth-order valence-electron chi connectivity index (χ4n) is 7.40. The summed E-state index contributed by atoms with van der Waals surface area (Å²) in [6, 6.07) is 16.4. The third-order valence-electron chi connectivity index (χ3n) is 9.92. The number of ketones is 1. The third kappa shape index (κ3) is 6.36. The van der Waals surface area contributed by atoms with E-state index in [1.54, 1.807) is 10.6 Å². The number of aromatic amines is 1. The fourth-order valence-corrected chi connectivity index (χ4v) is 7.40. The number of hydrogen-bond acceptors (Lipinski definition) is 6. The van der Waals surface area contributed by atoms with Crippen molar-refractivity contribution in [2.75, 3.05) is 32.8 Å². The Labute approximate surface area is 266 Å². The van der Waals surface area contributed by atoms with Crippen LogP contribution in [0.4, 0.5) is 0 Å². The molecule has 0 amide bonds. The molecule has 2 N–H and O–H groups in total. The molecular weight excluding hydrogens is 562 g/mol. The Bertz CT molecular complexity index is 1730. The van der Waals surface area contributed by atoms with Gasteiger partial charge in [0.1, 0.15) is 6.61 Å². The first kappa shape index (κ1) is 31.2. The molecular formula is C37H47N5O3. The number of Topliss-reactive ketones (excluding diaryl/α,β-unsaturated/α-hetero) is 1. The minimum Gasteiger partial charge on any atom is -0.475 e. The zero-order valence-electron chi connectivity index (χ0n) is 27.6. The van der Waals surface area contributed by atoms with Crippen LogP contribution in [0.25, 0.3) is 22.2 Å². The molecule has 0 spiro atoms. The number of carbonyl (C=O) groups is 1. The zero-order valence-corrected chi connectivity index (χ0v) is 27.6. The van der Waals surface area contributed by atoms with E-state index in [-0.39, 0.29) is 17.5 Å². The van der Waals surface area contributed by atoms with Gasteiger partial charge < -0.3 is 14.6 Å². The number of benzene rings is 2. The van der Waals surface area contributed by atoms with Crippen LogP contribution in [0.1, 0.15) is 61.8 Å². The van der Waals surface area contributed by atoms with Gasteiger partial charge in [0.15, 0.2) is 5.78 Å². The molecule has 2 atom stereocenters. The van der Waals surface area contributed by atoms with Crippen molar-refractivity contribution in [3.05, 3.63) is 81.1 Å². The number of aryl methyl sites for hydroxylation is 3. The van der Waals surface area contributed by atoms with Crippen LogP contribution >= 0.6 is 0 Å². The van der Waals surface area contributed by atoms with Gasteiger partial charge in [0.2, 0.25) is 5.88 Å². The number of fused-ring (bicyclic) bond motifs is 3. The molecule has 0 aliphatic carbocycles. The van der Waals surface area contributed by atoms with Crippen molar-refractivity contribution >= 4 is 16.7 Å². The van der Waals surface area contributed by atoms with Crippen molar-refractivity contribution in [1.29, 1.82) is 0 Å². The normalized spacial score (nSPS) is 20.2. The van der Waals surface area contributed by atoms with Crippen LogP contribution in [0, 0.1) is 25.2 Å². The SMILES string of the molecule is Cc1cc(C)cc(-c2[nH]nc(OCC(C)(C)C(=O)C3C4CCN3CC4)c2[C@H](C)CNCCc2ccc3c(ccc(=O)n3C)c2)c1. The molecule has 4 aromatic rings. The van der Waals surface area contributed by atoms with Gasteiger partial charge >= 0.3 is 0 Å². The lowest BCUT2D eigenvalue weighted by Crippen LogP contribution is -2.44. The summed E-state index contributed by atoms with van der Waals surface area (Å²) < 4.78 is 8.14. The van der Waals surface area contributed by atoms with Gasteiger partial charge in [-0.3, -0.25) is 19.6 Å². The molecule has 2 saturated heterocycles. The van der Waals surface area contributed by atoms with Crippen LogP contribution in [0.3, 0.4) is 0 Å². The number of piperidine rings is 1. The molecule has 2 aromatic carbocycles. The number of H-pyrrole nitrogens is 1. The van der Waals surface area contributed by atoms with Gasteiger partial charge in [-0.2, -0.15) is 0 Å². The number of aromatic nitrogens is 3. The summed E-state index contributed by atoms with van der Waals surface area (Å²) in [6.45, 7) is 14.4. The van der Waals surface area contributed by atoms with E-state index in [9.17, 15) is 9.59 Å². The number of ether oxygens (including phenoxy) is 1. The lowest BCUT2D eigenvalue weighted by atomic mass is 9.81. The van der Waals surface area contributed by atoms with Crippen LogP contribution in [-0.2, 0) is 18.3 Å². The fraction of sp³-hybridized carbons (Fsp3) is 0.486. The molecule has 2 aliphatic rings. The Morgan fingerprint density at radius 3 is 2.51 bits per heavy atom. The topological polar surface area (TPSA) is 92.2 Å². The van der Waals surface area contributed by atoms with Gasteiger partial charge in [-0.1, -0.05) is 30.2 Å². The van der Waals surface area contributed by atoms with Crippen molar-refractivity contribution in [2.45, 2.75) is 65.8 Å². The quantitative estimate of drug-likeness (QED) is 0.205. The molecule has 2 bridgehead atoms. The molecule has 2 aromatic heterocycles. The van der Waals surface area contributed by atoms with E-state index in [0.717, 1.165) is 73.2 Å². The van der Waals surface area contributed by atoms with Gasteiger partial charge in [0.25, 0.3) is 5.56 Å². The largest absolute Gasteiger partial charge is 0.475 e. The van der Waals surface area contributed by atoms with Crippen molar-refractivity contribution in [3.63, 3.8) is 0 Å². The van der Waals surface area contributed by atoms with Crippen molar-refractivity contribution < 1.29 is 9.53 Å². The molecule has 0 saturated carbocycles. The van der Waals surface area contributed by atoms with Gasteiger partial charge in [0, 0.05) is 36.7 Å². The predicted molar refractivity (Wildman–Crippen MR) is 180 cm³/mol. The minimum atomic E-state index is -0.611. The van der Waals surface area contributed by atoms with Gasteiger partial charge in [-0.15, -0.1) is 5.10 Å². The van der Waals surface area contributed by atoms with E-state index in [1.165, 1.54) is 16.7 Å². The standard InChI is InChI=1S/C37H47N5O3/c1-23-17-24(2)19-29(18-23)33-32(25(3)21-38-14-11-26-7-9-30-28(20-26)8-10-31(43)41(30)6)36(40-39-33)45-22-37(4,5)35(44)34-27-12-15-42(34)16-13-27/h7-10,17-20,25,27,34,38H,11-16,21-22H2,1-6H3,(H,39,40)/t25-,34?/m1/s1. The first-order valence-electron chi connectivity index (χ1n) is 16.4. The summed E-state index contributed by atoms with van der Waals surface area (Å²) in [7, 11) is 1.81. The molecule has 6 rings (SSSR count). The first-order valence-corrected chi connectivity index (χ1v) is 16.4. The smallest absolute Gasteiger partial charge is 0.250 e. The lowest BCUT2D eigenvalue weighted by Gasteiger charge is -2.29. The number of rotatable bonds is 12. The summed E-state index contributed by atoms with van der Waals surface area (Å²) >= 11 is 0. The number of nitrogens with zero attached hydrogens (tertiary/aromatic N) is 3. The summed E-state index contributed by atoms with van der Waals surface area (Å²) in [5, 5.41) is 12.7. The molecule has 8 heteroatoms. The molecule has 8 nitrogen and oxygen atoms in total. The number of carbonyl (C=O) groups excluding carboxylic acids is 1. The first-order chi connectivity index (χ1) is 21.5. The molecule has 1 unspecified atom stereocenters. The Morgan fingerprint density at radius 2 is 1.82 bits per heavy atom. The second-order valence-corrected chi connectivity index (χ2v) is 14.0. The number of nitrogens with one attached hydrogen (secondary N) is 2. The number of pyridine rings is 1. The van der Waals surface area contributed by atoms with E-state index in [2.05, 4.69) is 71.5 Å². The molecule has 2 aliphatic heterocycles. The van der Waals surface area contributed by atoms with E-state index >= 15 is 0 Å². The maximum Gasteiger partial charge on any atom is 0.250 e. The van der Waals surface area contributed by atoms with E-state index < -0.39 is 5.41 Å². The molecule has 238 valence electrons. The van der Waals surface area contributed by atoms with Gasteiger partial charge in [-0.05, 0) is 114 Å². The summed E-state index contributed by atoms with van der Waals surface area (Å²) in [5.41, 5.74) is 7.04. The summed E-state index contributed by atoms with van der Waals surface area (Å²) in [6.07, 6.45) is 3.13. The highest BCUT2D eigenvalue weighted by Crippen LogP contribution is 2.40. The third-order valence-corrected chi connectivity index (χ3v) is 9.92. The Morgan fingerprint density at radius 1 is 1.09 bits per heavy atom. The van der Waals surface area contributed by atoms with Crippen molar-refractivity contribution in [3.8, 4) is 17.1 Å². The molecule has 0 radical (unpaired) electrons. The van der Waals surface area contributed by atoms with E-state index in [0.29, 0.717) is 24.2 Å². The second kappa shape index (κ2) is 12.6. The van der Waals surface area contributed by atoms with Crippen LogP contribution in [-0.4, -0.2) is 64.3 Å². The highest BCUT2D eigenvalue weighted by Gasteiger charge is 2.48. The Hall–Kier alpha value is -3.75. The average Bonchev–Trinajstić information content (AvgIpc) is 3.74. The predicted octanol–water partition coefficient (Wildman–Crippen LogP) is 5.55. The zero-order chi connectivity index (χ0) is 31.9. The minimum absolute atomic E-state index is 0.00238. The Balaban J connectivity index is 1.16. The second-order valence-electron chi connectivity index (χ2n) is 14.0. The molecule has 4 heterocycles. The molecule has 2 fully saturated rings. The van der Waals surface area contributed by atoms with Crippen molar-refractivity contribution in [2.24, 2.45) is 18.4 Å². The van der Waals surface area contributed by atoms with E-state index in [4.69, 9.17) is 4.74 Å². The lowest BCUT2D eigenvalue weighted by molar-refractivity contribution is -0.133. The van der Waals surface area contributed by atoms with Crippen molar-refractivity contribution in [1.82, 2.24) is 25.0 Å². The summed E-state index contributed by atoms with van der Waals surface area (Å²) in [4.78, 5) is 28.0. The van der Waals surface area contributed by atoms with Crippen LogP contribution < -0.4 is 15.6 Å². The maximum atomic E-state index is 13.7. The van der Waals surface area contributed by atoms with Gasteiger partial charge in [0.05, 0.1) is 22.7 Å². The summed E-state index contributed by atoms with van der Waals surface area (Å²) in [5.74, 6) is 1.47. The van der Waals surface area contributed by atoms with Crippen LogP contribution in [0.5, 0.6) is 5.88 Å². The highest BCUT2D eigenvalue weighted by molar-refractivity contribution is 5.90. The maximum absolute atomic E-state index is 13.7. The number of hydrogen-bond donors (Lipinski definition) is 2.